The molecule has 1 aromatic heterocycles. The van der Waals surface area contributed by atoms with E-state index >= 15 is 0 Å². The molecule has 1 saturated heterocycles. The summed E-state index contributed by atoms with van der Waals surface area (Å²) in [6, 6.07) is 0. The summed E-state index contributed by atoms with van der Waals surface area (Å²) in [5.74, 6) is 1.81. The Kier molecular flexibility index (Phi) is 11.6. The number of hydrogen-bond donors (Lipinski definition) is 2. The average Bonchev–Trinajstić information content (AvgIpc) is 3.06. The number of thiazole rings is 1. The van der Waals surface area contributed by atoms with Gasteiger partial charge in [-0.05, 0) is 58.2 Å². The molecule has 7 heteroatoms. The number of halogens is 1. The number of rotatable bonds is 8. The average molecular weight is 479 g/mol. The van der Waals surface area contributed by atoms with Crippen LogP contribution in [0.1, 0.15) is 49.9 Å². The highest BCUT2D eigenvalue weighted by Crippen LogP contribution is 2.16. The second kappa shape index (κ2) is 12.9. The van der Waals surface area contributed by atoms with Crippen LogP contribution in [0.2, 0.25) is 0 Å². The van der Waals surface area contributed by atoms with Crippen molar-refractivity contribution in [1.82, 2.24) is 20.5 Å². The number of likely N-dealkylation sites (tertiary alicyclic amines) is 1. The summed E-state index contributed by atoms with van der Waals surface area (Å²) < 4.78 is 0. The van der Waals surface area contributed by atoms with Crippen LogP contribution in [0.4, 0.5) is 0 Å². The van der Waals surface area contributed by atoms with Crippen LogP contribution in [0.15, 0.2) is 11.2 Å². The summed E-state index contributed by atoms with van der Waals surface area (Å²) >= 11 is 1.76. The van der Waals surface area contributed by atoms with Crippen molar-refractivity contribution in [2.75, 3.05) is 32.7 Å². The Morgan fingerprint density at radius 2 is 2.08 bits per heavy atom. The Labute approximate surface area is 174 Å². The summed E-state index contributed by atoms with van der Waals surface area (Å²) in [4.78, 5) is 13.0. The van der Waals surface area contributed by atoms with Crippen LogP contribution in [0.3, 0.4) is 0 Å². The summed E-state index contributed by atoms with van der Waals surface area (Å²) in [6.45, 7) is 12.8. The maximum Gasteiger partial charge on any atom is 0.191 e. The largest absolute Gasteiger partial charge is 0.357 e. The van der Waals surface area contributed by atoms with Gasteiger partial charge in [0.25, 0.3) is 0 Å². The topological polar surface area (TPSA) is 52.6 Å². The van der Waals surface area contributed by atoms with Crippen molar-refractivity contribution in [3.05, 3.63) is 16.1 Å². The number of aliphatic imine (C=N–C) groups is 1. The predicted molar refractivity (Wildman–Crippen MR) is 119 cm³/mol. The van der Waals surface area contributed by atoms with E-state index in [1.54, 1.807) is 11.3 Å². The molecule has 2 N–H and O–H groups in total. The van der Waals surface area contributed by atoms with Crippen LogP contribution in [-0.4, -0.2) is 48.6 Å². The van der Waals surface area contributed by atoms with Crippen LogP contribution in [0.25, 0.3) is 0 Å². The van der Waals surface area contributed by atoms with Gasteiger partial charge in [-0.15, -0.1) is 35.3 Å². The normalized spacial score (nSPS) is 16.5. The first-order valence-corrected chi connectivity index (χ1v) is 10.2. The lowest BCUT2D eigenvalue weighted by molar-refractivity contribution is 0.191. The zero-order valence-electron chi connectivity index (χ0n) is 15.9. The van der Waals surface area contributed by atoms with Gasteiger partial charge in [0.2, 0.25) is 0 Å². The molecule has 1 aliphatic rings. The molecule has 25 heavy (non-hydrogen) atoms. The lowest BCUT2D eigenvalue weighted by Crippen LogP contribution is -2.39. The number of aromatic nitrogens is 1. The molecule has 0 bridgehead atoms. The molecule has 1 aromatic rings. The maximum absolute atomic E-state index is 4.65. The van der Waals surface area contributed by atoms with E-state index in [-0.39, 0.29) is 24.0 Å². The minimum absolute atomic E-state index is 0. The van der Waals surface area contributed by atoms with Crippen molar-refractivity contribution in [2.24, 2.45) is 10.9 Å². The Hall–Kier alpha value is -0.410. The molecule has 0 unspecified atom stereocenters. The lowest BCUT2D eigenvalue weighted by Gasteiger charge is -2.30. The van der Waals surface area contributed by atoms with Gasteiger partial charge in [-0.3, -0.25) is 0 Å². The van der Waals surface area contributed by atoms with Crippen LogP contribution >= 0.6 is 35.3 Å². The fourth-order valence-electron chi connectivity index (χ4n) is 2.87. The first kappa shape index (κ1) is 22.6. The summed E-state index contributed by atoms with van der Waals surface area (Å²) in [7, 11) is 0. The van der Waals surface area contributed by atoms with Crippen molar-refractivity contribution in [1.29, 1.82) is 0 Å². The standard InChI is InChI=1S/C18H33N5S.HI/c1-4-16-13-21-17(24-16)14-22-18(19-5-2)20-9-6-10-23-11-7-15(3)8-12-23;/h13,15H,4-12,14H2,1-3H3,(H2,19,20,22);1H. The van der Waals surface area contributed by atoms with Gasteiger partial charge in [0.15, 0.2) is 5.96 Å². The van der Waals surface area contributed by atoms with Gasteiger partial charge in [0.1, 0.15) is 5.01 Å². The molecule has 0 radical (unpaired) electrons. The maximum atomic E-state index is 4.65. The van der Waals surface area contributed by atoms with Gasteiger partial charge in [0, 0.05) is 24.2 Å². The van der Waals surface area contributed by atoms with Crippen molar-refractivity contribution in [3.8, 4) is 0 Å². The first-order chi connectivity index (χ1) is 11.7. The Balaban J connectivity index is 0.00000312. The highest BCUT2D eigenvalue weighted by Gasteiger charge is 2.14. The predicted octanol–water partition coefficient (Wildman–Crippen LogP) is 3.50. The van der Waals surface area contributed by atoms with Gasteiger partial charge in [-0.25, -0.2) is 9.98 Å². The number of aryl methyl sites for hydroxylation is 1. The van der Waals surface area contributed by atoms with E-state index in [1.165, 1.54) is 37.4 Å². The van der Waals surface area contributed by atoms with Gasteiger partial charge >= 0.3 is 0 Å². The van der Waals surface area contributed by atoms with Crippen LogP contribution in [0.5, 0.6) is 0 Å². The molecule has 0 saturated carbocycles. The van der Waals surface area contributed by atoms with Crippen LogP contribution < -0.4 is 10.6 Å². The number of nitrogens with one attached hydrogen (secondary N) is 2. The van der Waals surface area contributed by atoms with Crippen LogP contribution in [0, 0.1) is 5.92 Å². The highest BCUT2D eigenvalue weighted by molar-refractivity contribution is 14.0. The number of hydrogen-bond acceptors (Lipinski definition) is 4. The second-order valence-corrected chi connectivity index (χ2v) is 7.77. The van der Waals surface area contributed by atoms with E-state index in [4.69, 9.17) is 0 Å². The van der Waals surface area contributed by atoms with E-state index in [9.17, 15) is 0 Å². The lowest BCUT2D eigenvalue weighted by atomic mass is 9.99. The van der Waals surface area contributed by atoms with Crippen molar-refractivity contribution in [3.63, 3.8) is 0 Å². The van der Waals surface area contributed by atoms with E-state index in [2.05, 4.69) is 46.3 Å². The molecular weight excluding hydrogens is 445 g/mol. The zero-order valence-corrected chi connectivity index (χ0v) is 19.0. The van der Waals surface area contributed by atoms with Gasteiger partial charge in [-0.1, -0.05) is 13.8 Å². The van der Waals surface area contributed by atoms with Crippen molar-refractivity contribution < 1.29 is 0 Å². The van der Waals surface area contributed by atoms with E-state index in [0.29, 0.717) is 6.54 Å². The Morgan fingerprint density at radius 3 is 2.72 bits per heavy atom. The molecular formula is C18H34IN5S. The van der Waals surface area contributed by atoms with Gasteiger partial charge in [-0.2, -0.15) is 0 Å². The molecule has 5 nitrogen and oxygen atoms in total. The first-order valence-electron chi connectivity index (χ1n) is 9.39. The molecule has 2 rings (SSSR count). The SMILES string of the molecule is CCNC(=NCc1ncc(CC)s1)NCCCN1CCC(C)CC1.I. The minimum atomic E-state index is 0. The van der Waals surface area contributed by atoms with E-state index in [0.717, 1.165) is 42.8 Å². The second-order valence-electron chi connectivity index (χ2n) is 6.57. The molecule has 0 amide bonds. The van der Waals surface area contributed by atoms with Gasteiger partial charge < -0.3 is 15.5 Å². The molecule has 1 aliphatic heterocycles. The molecule has 0 spiro atoms. The Bertz CT molecular complexity index is 497. The van der Waals surface area contributed by atoms with E-state index < -0.39 is 0 Å². The quantitative estimate of drug-likeness (QED) is 0.260. The molecule has 1 fully saturated rings. The zero-order chi connectivity index (χ0) is 17.2. The third kappa shape index (κ3) is 8.68. The van der Waals surface area contributed by atoms with E-state index in [1.807, 2.05) is 6.20 Å². The number of guanidine groups is 1. The summed E-state index contributed by atoms with van der Waals surface area (Å²) in [6.07, 6.45) is 6.89. The highest BCUT2D eigenvalue weighted by atomic mass is 127. The Morgan fingerprint density at radius 1 is 1.32 bits per heavy atom. The molecule has 144 valence electrons. The molecule has 0 aliphatic carbocycles. The number of piperidine rings is 1. The number of nitrogens with zero attached hydrogens (tertiary/aromatic N) is 3. The fraction of sp³-hybridized carbons (Fsp3) is 0.778. The van der Waals surface area contributed by atoms with Gasteiger partial charge in [0.05, 0.1) is 6.54 Å². The summed E-state index contributed by atoms with van der Waals surface area (Å²) in [5, 5.41) is 7.86. The minimum Gasteiger partial charge on any atom is -0.357 e. The third-order valence-electron chi connectivity index (χ3n) is 4.49. The van der Waals surface area contributed by atoms with Crippen molar-refractivity contribution in [2.45, 2.75) is 53.0 Å². The summed E-state index contributed by atoms with van der Waals surface area (Å²) in [5.41, 5.74) is 0. The third-order valence-corrected chi connectivity index (χ3v) is 5.61. The monoisotopic (exact) mass is 479 g/mol. The van der Waals surface area contributed by atoms with Crippen LogP contribution in [-0.2, 0) is 13.0 Å². The van der Waals surface area contributed by atoms with Crippen molar-refractivity contribution >= 4 is 41.3 Å². The fourth-order valence-corrected chi connectivity index (χ4v) is 3.66. The smallest absolute Gasteiger partial charge is 0.191 e. The molecule has 0 atom stereocenters. The molecule has 2 heterocycles. The molecule has 0 aromatic carbocycles.